The molecule has 23 heteroatoms. The summed E-state index contributed by atoms with van der Waals surface area (Å²) in [6, 6.07) is 24.2. The van der Waals surface area contributed by atoms with Crippen LogP contribution >= 0.6 is 47.8 Å². The zero-order chi connectivity index (χ0) is 58.5. The number of aliphatic hydroxyl groups is 1. The molecule has 5 aromatic rings. The van der Waals surface area contributed by atoms with Crippen LogP contribution in [-0.4, -0.2) is 135 Å². The molecule has 0 unspecified atom stereocenters. The Morgan fingerprint density at radius 2 is 1.00 bits per heavy atom. The van der Waals surface area contributed by atoms with Crippen LogP contribution in [0.1, 0.15) is 61.3 Å². The van der Waals surface area contributed by atoms with Gasteiger partial charge in [-0.1, -0.05) is 116 Å². The number of phenolic OH excluding ortho intramolecular Hbond substituents is 1. The summed E-state index contributed by atoms with van der Waals surface area (Å²) in [4.78, 5) is 112. The minimum atomic E-state index is -1.75. The molecule has 0 aliphatic heterocycles. The van der Waals surface area contributed by atoms with Crippen LogP contribution in [0.4, 0.5) is 0 Å². The van der Waals surface area contributed by atoms with Crippen LogP contribution in [0.25, 0.3) is 10.8 Å². The van der Waals surface area contributed by atoms with E-state index in [1.165, 1.54) is 19.1 Å². The second-order valence-electron chi connectivity index (χ2n) is 19.4. The number of carboxylic acid groups (broad SMARTS) is 1. The fourth-order valence-corrected chi connectivity index (χ4v) is 9.62. The Morgan fingerprint density at radius 1 is 0.525 bits per heavy atom. The first-order valence-corrected chi connectivity index (χ1v) is 28.3. The molecule has 428 valence electrons. The first kappa shape index (κ1) is 64.1. The Labute approximate surface area is 489 Å². The maximum absolute atomic E-state index is 15.1. The summed E-state index contributed by atoms with van der Waals surface area (Å²) in [5, 5.41) is 51.2. The van der Waals surface area contributed by atoms with Gasteiger partial charge in [-0.2, -0.15) is 25.3 Å². The van der Waals surface area contributed by atoms with Gasteiger partial charge in [-0.15, -0.1) is 0 Å². The number of hydrogen-bond acceptors (Lipinski definition) is 14. The fraction of sp³-hybridized carbons (Fsp3) is 0.368. The summed E-state index contributed by atoms with van der Waals surface area (Å²) >= 11 is 10.1. The van der Waals surface area contributed by atoms with Crippen molar-refractivity contribution >= 4 is 106 Å². The number of rotatable bonds is 30. The molecule has 5 rings (SSSR count). The number of unbranched alkanes of at least 4 members (excludes halogenated alkanes) is 1. The van der Waals surface area contributed by atoms with Crippen LogP contribution < -0.4 is 48.7 Å². The molecule has 0 aliphatic rings. The predicted octanol–water partition coefficient (Wildman–Crippen LogP) is 2.16. The lowest BCUT2D eigenvalue weighted by atomic mass is 9.90. The van der Waals surface area contributed by atoms with E-state index >= 15 is 4.79 Å². The third kappa shape index (κ3) is 19.2. The summed E-state index contributed by atoms with van der Waals surface area (Å²) in [7, 11) is 0. The fourth-order valence-electron chi connectivity index (χ4n) is 8.63. The van der Waals surface area contributed by atoms with Crippen LogP contribution in [0.2, 0.25) is 0 Å². The number of carbonyl (C=O) groups excluding carboxylic acids is 7. The number of amides is 7. The Hall–Kier alpha value is -6.77. The third-order valence-corrected chi connectivity index (χ3v) is 14.9. The second kappa shape index (κ2) is 31.9. The summed E-state index contributed by atoms with van der Waals surface area (Å²) in [6.45, 7) is 3.17. The Balaban J connectivity index is 1.48. The number of aliphatic carboxylic acids is 1. The van der Waals surface area contributed by atoms with E-state index in [0.29, 0.717) is 38.7 Å². The monoisotopic (exact) mass is 1250 g/mol. The highest BCUT2D eigenvalue weighted by Gasteiger charge is 2.37. The zero-order valence-corrected chi connectivity index (χ0v) is 48.2. The van der Waals surface area contributed by atoms with Gasteiger partial charge >= 0.3 is 5.97 Å². The first-order chi connectivity index (χ1) is 38.2. The number of benzene rings is 5. The smallest absolute Gasteiger partial charge is 0.327 e. The van der Waals surface area contributed by atoms with Gasteiger partial charge in [0.25, 0.3) is 0 Å². The Kier molecular flexibility index (Phi) is 25.5. The lowest BCUT2D eigenvalue weighted by Gasteiger charge is -2.31. The average molecular weight is 1250 g/mol. The summed E-state index contributed by atoms with van der Waals surface area (Å²) in [5.74, 6) is -8.39. The van der Waals surface area contributed by atoms with Crippen molar-refractivity contribution in [2.75, 3.05) is 18.1 Å². The van der Waals surface area contributed by atoms with E-state index in [-0.39, 0.29) is 49.5 Å². The molecule has 0 spiro atoms. The number of carbonyl (C=O) groups is 8. The van der Waals surface area contributed by atoms with Crippen molar-refractivity contribution in [3.63, 3.8) is 0 Å². The number of fused-ring (bicyclic) bond motifs is 1. The highest BCUT2D eigenvalue weighted by molar-refractivity contribution is 14.1. The molecule has 14 N–H and O–H groups in total. The normalized spacial score (nSPS) is 14.9. The second-order valence-corrected chi connectivity index (χ2v) is 21.3. The van der Waals surface area contributed by atoms with E-state index in [1.807, 2.05) is 65.1 Å². The number of aliphatic hydroxyl groups excluding tert-OH is 1. The minimum Gasteiger partial charge on any atom is -0.507 e. The van der Waals surface area contributed by atoms with Crippen molar-refractivity contribution in [1.29, 1.82) is 0 Å². The molecule has 0 saturated carbocycles. The summed E-state index contributed by atoms with van der Waals surface area (Å²) in [6.07, 6.45) is -1.15. The highest BCUT2D eigenvalue weighted by atomic mass is 127. The van der Waals surface area contributed by atoms with Crippen LogP contribution in [0.5, 0.6) is 5.75 Å². The Bertz CT molecular complexity index is 2930. The quantitative estimate of drug-likeness (QED) is 0.0178. The Morgan fingerprint density at radius 3 is 1.54 bits per heavy atom. The summed E-state index contributed by atoms with van der Waals surface area (Å²) in [5.41, 5.74) is 14.3. The van der Waals surface area contributed by atoms with E-state index in [2.05, 4.69) is 62.5 Å². The molecular weight excluding hydrogens is 1180 g/mol. The molecule has 0 fully saturated rings. The number of nitrogens with two attached hydrogens (primary N) is 2. The van der Waals surface area contributed by atoms with Crippen LogP contribution in [-0.2, 0) is 57.6 Å². The molecule has 0 aromatic heterocycles. The molecule has 80 heavy (non-hydrogen) atoms. The number of nitrogens with one attached hydrogen (secondary N) is 7. The van der Waals surface area contributed by atoms with Gasteiger partial charge in [-0.05, 0) is 100 Å². The minimum absolute atomic E-state index is 0.00633. The maximum Gasteiger partial charge on any atom is 0.327 e. The number of halogens is 1. The molecule has 7 amide bonds. The van der Waals surface area contributed by atoms with Gasteiger partial charge in [-0.3, -0.25) is 33.6 Å². The average Bonchev–Trinajstić information content (AvgIpc) is 3.47. The molecule has 10 atom stereocenters. The molecule has 5 aromatic carbocycles. The van der Waals surface area contributed by atoms with E-state index in [0.717, 1.165) is 10.8 Å². The molecule has 20 nitrogen and oxygen atoms in total. The molecular formula is C57H70IN9O11S2. The van der Waals surface area contributed by atoms with Gasteiger partial charge in [-0.25, -0.2) is 4.79 Å². The van der Waals surface area contributed by atoms with Crippen LogP contribution in [0.3, 0.4) is 0 Å². The number of thiol groups is 2. The van der Waals surface area contributed by atoms with E-state index in [1.54, 1.807) is 73.7 Å². The van der Waals surface area contributed by atoms with Crippen molar-refractivity contribution in [2.45, 2.75) is 113 Å². The van der Waals surface area contributed by atoms with Crippen LogP contribution in [0, 0.1) is 3.57 Å². The van der Waals surface area contributed by atoms with Gasteiger partial charge in [0.05, 0.1) is 15.7 Å². The van der Waals surface area contributed by atoms with Crippen molar-refractivity contribution < 1.29 is 53.7 Å². The molecule has 0 saturated heterocycles. The number of hydrogen-bond donors (Lipinski definition) is 14. The van der Waals surface area contributed by atoms with Gasteiger partial charge in [0, 0.05) is 36.7 Å². The zero-order valence-electron chi connectivity index (χ0n) is 44.2. The number of carboxylic acids is 1. The van der Waals surface area contributed by atoms with Gasteiger partial charge in [0.15, 0.2) is 0 Å². The lowest BCUT2D eigenvalue weighted by Crippen LogP contribution is -2.62. The molecule has 0 bridgehead atoms. The van der Waals surface area contributed by atoms with Gasteiger partial charge < -0.3 is 64.0 Å². The molecule has 0 heterocycles. The van der Waals surface area contributed by atoms with Crippen molar-refractivity contribution in [2.24, 2.45) is 11.5 Å². The van der Waals surface area contributed by atoms with Gasteiger partial charge in [0.2, 0.25) is 41.4 Å². The molecule has 0 radical (unpaired) electrons. The SMILES string of the molecule is C[C@@H](O)[C@H](NC(=O)[C@H](CCCCN)NC(=O)[C@H](NC(=O)[C@H](Cc1ccccc1)NC(=O)[C@H](Cc1ccccc1)NC(=O)[C@H](N)CS)[C@@H](C)c1ccc2ccccc2c1)C(=O)N[C@@H](Cc1ccc(O)c(I)c1)C(=O)N[C@@H](CS)C(=O)O. The van der Waals surface area contributed by atoms with Crippen molar-refractivity contribution in [1.82, 2.24) is 37.2 Å². The van der Waals surface area contributed by atoms with Crippen molar-refractivity contribution in [3.05, 3.63) is 147 Å². The molecule has 0 aliphatic carbocycles. The van der Waals surface area contributed by atoms with Crippen LogP contribution in [0.15, 0.2) is 121 Å². The predicted molar refractivity (Wildman–Crippen MR) is 319 cm³/mol. The van der Waals surface area contributed by atoms with E-state index in [4.69, 9.17) is 11.5 Å². The van der Waals surface area contributed by atoms with E-state index < -0.39 is 108 Å². The standard InChI is InChI=1S/C57H70IN9O11S2/c1-32(38-22-21-37-17-9-10-18-39(37)29-38)48(66-54(74)44(27-35-15-7-4-8-16-35)63-52(72)43(62-50(70)41(60)30-79)26-34-13-5-3-6-14-34)55(75)61-42(19-11-12-24-59)51(71)67-49(33(2)68)56(76)64-45(53(73)65-46(31-80)57(77)78)28-36-20-23-47(69)40(58)25-36/h3-10,13-18,20-23,25,29,32-33,41-46,48-49,68-69,79-80H,11-12,19,24,26-28,30-31,59-60H2,1-2H3,(H,61,75)(H,62,70)(H,63,72)(H,64,76)(H,65,73)(H,66,74)(H,67,71)(H,77,78)/t32-,33+,41+,42-,43-,44-,45-,46-,48+,49-/m0/s1. The highest BCUT2D eigenvalue weighted by Crippen LogP contribution is 2.26. The largest absolute Gasteiger partial charge is 0.507 e. The lowest BCUT2D eigenvalue weighted by molar-refractivity contribution is -0.141. The van der Waals surface area contributed by atoms with E-state index in [9.17, 15) is 48.9 Å². The number of phenols is 1. The number of aromatic hydroxyl groups is 1. The topological polar surface area (TPSA) is 333 Å². The summed E-state index contributed by atoms with van der Waals surface area (Å²) < 4.78 is 0.425. The maximum atomic E-state index is 15.1. The third-order valence-electron chi connectivity index (χ3n) is 13.3. The van der Waals surface area contributed by atoms with Gasteiger partial charge in [0.1, 0.15) is 48.0 Å². The van der Waals surface area contributed by atoms with Crippen molar-refractivity contribution in [3.8, 4) is 5.75 Å². The first-order valence-electron chi connectivity index (χ1n) is 26.0.